The number of hydrogen-bond acceptors (Lipinski definition) is 5. The van der Waals surface area contributed by atoms with E-state index in [2.05, 4.69) is 9.97 Å². The predicted molar refractivity (Wildman–Crippen MR) is 78.3 cm³/mol. The predicted octanol–water partition coefficient (Wildman–Crippen LogP) is 3.42. The van der Waals surface area contributed by atoms with Gasteiger partial charge in [-0.25, -0.2) is 9.97 Å². The number of oxazole rings is 1. The number of benzene rings is 1. The first-order valence-corrected chi connectivity index (χ1v) is 6.40. The number of ether oxygens (including phenoxy) is 2. The van der Waals surface area contributed by atoms with E-state index in [1.54, 1.807) is 26.5 Å². The molecule has 21 heavy (non-hydrogen) atoms. The van der Waals surface area contributed by atoms with Crippen LogP contribution in [0, 0.1) is 0 Å². The largest absolute Gasteiger partial charge is 0.497 e. The molecule has 0 atom stereocenters. The molecule has 2 heterocycles. The topological polar surface area (TPSA) is 57.4 Å². The molecule has 0 saturated carbocycles. The second-order valence-electron chi connectivity index (χ2n) is 4.35. The third-order valence-electron chi connectivity index (χ3n) is 3.14. The summed E-state index contributed by atoms with van der Waals surface area (Å²) in [6.07, 6.45) is 3.13. The third kappa shape index (κ3) is 2.58. The maximum absolute atomic E-state index is 5.51. The van der Waals surface area contributed by atoms with Crippen LogP contribution in [0.2, 0.25) is 0 Å². The molecule has 0 fully saturated rings. The van der Waals surface area contributed by atoms with Gasteiger partial charge in [0.2, 0.25) is 5.88 Å². The van der Waals surface area contributed by atoms with Gasteiger partial charge < -0.3 is 13.9 Å². The SMILES string of the molecule is COc1ccc(-c2ncoc2-c2ccc(OC)nc2)cc1. The standard InChI is InChI=1S/C16H14N2O3/c1-19-13-6-3-11(4-7-13)15-16(21-10-18-15)12-5-8-14(20-2)17-9-12/h3-10H,1-2H3. The van der Waals surface area contributed by atoms with Crippen molar-refractivity contribution < 1.29 is 13.9 Å². The fraction of sp³-hybridized carbons (Fsp3) is 0.125. The lowest BCUT2D eigenvalue weighted by Gasteiger charge is -2.04. The highest BCUT2D eigenvalue weighted by molar-refractivity contribution is 5.76. The minimum atomic E-state index is 0.560. The van der Waals surface area contributed by atoms with E-state index in [0.29, 0.717) is 11.6 Å². The molecule has 0 spiro atoms. The van der Waals surface area contributed by atoms with Crippen LogP contribution < -0.4 is 9.47 Å². The van der Waals surface area contributed by atoms with Crippen LogP contribution in [0.15, 0.2) is 53.4 Å². The van der Waals surface area contributed by atoms with E-state index in [0.717, 1.165) is 22.6 Å². The molecule has 0 unspecified atom stereocenters. The molecule has 0 aliphatic rings. The van der Waals surface area contributed by atoms with Crippen molar-refractivity contribution in [1.29, 1.82) is 0 Å². The molecule has 0 amide bonds. The third-order valence-corrected chi connectivity index (χ3v) is 3.14. The van der Waals surface area contributed by atoms with Gasteiger partial charge in [0, 0.05) is 23.4 Å². The van der Waals surface area contributed by atoms with E-state index in [1.807, 2.05) is 30.3 Å². The molecule has 0 saturated heterocycles. The van der Waals surface area contributed by atoms with Crippen molar-refractivity contribution in [1.82, 2.24) is 9.97 Å². The van der Waals surface area contributed by atoms with Gasteiger partial charge in [-0.3, -0.25) is 0 Å². The van der Waals surface area contributed by atoms with E-state index < -0.39 is 0 Å². The van der Waals surface area contributed by atoms with Crippen molar-refractivity contribution in [3.8, 4) is 34.2 Å². The van der Waals surface area contributed by atoms with E-state index in [1.165, 1.54) is 6.39 Å². The number of aromatic nitrogens is 2. The average Bonchev–Trinajstić information content (AvgIpc) is 3.04. The van der Waals surface area contributed by atoms with Gasteiger partial charge in [-0.15, -0.1) is 0 Å². The molecular weight excluding hydrogens is 268 g/mol. The minimum absolute atomic E-state index is 0.560. The fourth-order valence-electron chi connectivity index (χ4n) is 2.04. The Hall–Kier alpha value is -2.82. The number of hydrogen-bond donors (Lipinski definition) is 0. The quantitative estimate of drug-likeness (QED) is 0.733. The molecule has 5 nitrogen and oxygen atoms in total. The summed E-state index contributed by atoms with van der Waals surface area (Å²) in [5, 5.41) is 0. The van der Waals surface area contributed by atoms with E-state index in [4.69, 9.17) is 13.9 Å². The average molecular weight is 282 g/mol. The maximum Gasteiger partial charge on any atom is 0.212 e. The second-order valence-corrected chi connectivity index (χ2v) is 4.35. The van der Waals surface area contributed by atoms with Crippen molar-refractivity contribution in [3.05, 3.63) is 49.0 Å². The first-order chi connectivity index (χ1) is 10.3. The highest BCUT2D eigenvalue weighted by Gasteiger charge is 2.13. The van der Waals surface area contributed by atoms with Crippen LogP contribution in [0.3, 0.4) is 0 Å². The molecular formula is C16H14N2O3. The Morgan fingerprint density at radius 2 is 1.62 bits per heavy atom. The van der Waals surface area contributed by atoms with Crippen LogP contribution in [0.4, 0.5) is 0 Å². The molecule has 0 N–H and O–H groups in total. The van der Waals surface area contributed by atoms with Crippen molar-refractivity contribution in [2.75, 3.05) is 14.2 Å². The monoisotopic (exact) mass is 282 g/mol. The highest BCUT2D eigenvalue weighted by atomic mass is 16.5. The molecule has 0 aliphatic heterocycles. The zero-order chi connectivity index (χ0) is 14.7. The van der Waals surface area contributed by atoms with Crippen LogP contribution in [0.1, 0.15) is 0 Å². The summed E-state index contributed by atoms with van der Waals surface area (Å²) >= 11 is 0. The van der Waals surface area contributed by atoms with Crippen LogP contribution in [0.5, 0.6) is 11.6 Å². The Bertz CT molecular complexity index is 656. The molecule has 0 radical (unpaired) electrons. The summed E-state index contributed by atoms with van der Waals surface area (Å²) in [6.45, 7) is 0. The first kappa shape index (κ1) is 13.2. The second kappa shape index (κ2) is 5.66. The van der Waals surface area contributed by atoms with E-state index in [-0.39, 0.29) is 0 Å². The lowest BCUT2D eigenvalue weighted by Crippen LogP contribution is -1.88. The zero-order valence-electron chi connectivity index (χ0n) is 11.7. The summed E-state index contributed by atoms with van der Waals surface area (Å²) in [5.41, 5.74) is 2.57. The Kier molecular flexibility index (Phi) is 3.55. The summed E-state index contributed by atoms with van der Waals surface area (Å²) < 4.78 is 15.7. The molecule has 5 heteroatoms. The highest BCUT2D eigenvalue weighted by Crippen LogP contribution is 2.31. The van der Waals surface area contributed by atoms with Gasteiger partial charge in [-0.2, -0.15) is 0 Å². The Morgan fingerprint density at radius 3 is 2.24 bits per heavy atom. The van der Waals surface area contributed by atoms with Crippen LogP contribution in [-0.2, 0) is 0 Å². The van der Waals surface area contributed by atoms with Crippen LogP contribution in [-0.4, -0.2) is 24.2 Å². The normalized spacial score (nSPS) is 10.4. The Balaban J connectivity index is 1.99. The molecule has 3 rings (SSSR count). The summed E-state index contributed by atoms with van der Waals surface area (Å²) in [6, 6.07) is 11.3. The maximum atomic E-state index is 5.51. The number of methoxy groups -OCH3 is 2. The smallest absolute Gasteiger partial charge is 0.212 e. The van der Waals surface area contributed by atoms with Gasteiger partial charge in [0.15, 0.2) is 12.2 Å². The number of nitrogens with zero attached hydrogens (tertiary/aromatic N) is 2. The van der Waals surface area contributed by atoms with E-state index in [9.17, 15) is 0 Å². The first-order valence-electron chi connectivity index (χ1n) is 6.40. The number of pyridine rings is 1. The van der Waals surface area contributed by atoms with Gasteiger partial charge in [-0.1, -0.05) is 0 Å². The number of rotatable bonds is 4. The minimum Gasteiger partial charge on any atom is -0.497 e. The van der Waals surface area contributed by atoms with Crippen molar-refractivity contribution in [3.63, 3.8) is 0 Å². The fourth-order valence-corrected chi connectivity index (χ4v) is 2.04. The molecule has 106 valence electrons. The summed E-state index contributed by atoms with van der Waals surface area (Å²) in [7, 11) is 3.22. The van der Waals surface area contributed by atoms with Gasteiger partial charge >= 0.3 is 0 Å². The molecule has 1 aromatic carbocycles. The van der Waals surface area contributed by atoms with Crippen molar-refractivity contribution in [2.24, 2.45) is 0 Å². The van der Waals surface area contributed by atoms with Gasteiger partial charge in [0.1, 0.15) is 11.4 Å². The lowest BCUT2D eigenvalue weighted by molar-refractivity contribution is 0.398. The Labute approximate surface area is 122 Å². The van der Waals surface area contributed by atoms with Gasteiger partial charge in [0.05, 0.1) is 14.2 Å². The van der Waals surface area contributed by atoms with Crippen LogP contribution in [0.25, 0.3) is 22.6 Å². The van der Waals surface area contributed by atoms with E-state index >= 15 is 0 Å². The molecule has 2 aromatic heterocycles. The zero-order valence-corrected chi connectivity index (χ0v) is 11.7. The Morgan fingerprint density at radius 1 is 0.857 bits per heavy atom. The van der Waals surface area contributed by atoms with Gasteiger partial charge in [0.25, 0.3) is 0 Å². The van der Waals surface area contributed by atoms with Crippen molar-refractivity contribution in [2.45, 2.75) is 0 Å². The lowest BCUT2D eigenvalue weighted by atomic mass is 10.1. The molecule has 3 aromatic rings. The molecule has 0 aliphatic carbocycles. The van der Waals surface area contributed by atoms with Gasteiger partial charge in [-0.05, 0) is 30.3 Å². The van der Waals surface area contributed by atoms with Crippen LogP contribution >= 0.6 is 0 Å². The van der Waals surface area contributed by atoms with Crippen molar-refractivity contribution >= 4 is 0 Å². The molecule has 0 bridgehead atoms. The summed E-state index contributed by atoms with van der Waals surface area (Å²) in [4.78, 5) is 8.48. The summed E-state index contributed by atoms with van der Waals surface area (Å²) in [5.74, 6) is 2.04.